The van der Waals surface area contributed by atoms with Gasteiger partial charge in [0.15, 0.2) is 0 Å². The van der Waals surface area contributed by atoms with E-state index in [1.165, 1.54) is 25.0 Å². The minimum Gasteiger partial charge on any atom is -0.383 e. The molecule has 106 valence electrons. The number of aromatic nitrogens is 2. The van der Waals surface area contributed by atoms with E-state index in [0.717, 1.165) is 36.9 Å². The normalized spacial score (nSPS) is 19.6. The number of nitrogens with zero attached hydrogens (tertiary/aromatic N) is 2. The van der Waals surface area contributed by atoms with Crippen molar-refractivity contribution in [1.29, 1.82) is 0 Å². The molecule has 1 atom stereocenters. The molecular formula is C14H23N3OS. The zero-order valence-corrected chi connectivity index (χ0v) is 12.6. The molecule has 2 heterocycles. The highest BCUT2D eigenvalue weighted by molar-refractivity contribution is 7.99. The molecule has 1 fully saturated rings. The lowest BCUT2D eigenvalue weighted by Gasteiger charge is -2.20. The van der Waals surface area contributed by atoms with Crippen LogP contribution in [0.3, 0.4) is 0 Å². The molecule has 0 aliphatic carbocycles. The Hall–Kier alpha value is -0.650. The first-order valence-electron chi connectivity index (χ1n) is 6.95. The molecule has 0 bridgehead atoms. The molecule has 1 aromatic heterocycles. The minimum absolute atomic E-state index is 0.492. The van der Waals surface area contributed by atoms with Gasteiger partial charge in [-0.15, -0.1) is 0 Å². The summed E-state index contributed by atoms with van der Waals surface area (Å²) in [5, 5.41) is 3.83. The fourth-order valence-corrected chi connectivity index (χ4v) is 3.47. The van der Waals surface area contributed by atoms with E-state index in [2.05, 4.69) is 23.3 Å². The van der Waals surface area contributed by atoms with Gasteiger partial charge in [-0.25, -0.2) is 9.97 Å². The summed E-state index contributed by atoms with van der Waals surface area (Å²) >= 11 is 2.00. The summed E-state index contributed by atoms with van der Waals surface area (Å²) in [6.07, 6.45) is 3.85. The van der Waals surface area contributed by atoms with Gasteiger partial charge in [0.2, 0.25) is 0 Å². The Labute approximate surface area is 119 Å². The number of thioether (sulfide) groups is 1. The number of rotatable bonds is 6. The van der Waals surface area contributed by atoms with E-state index in [0.29, 0.717) is 5.25 Å². The molecule has 0 spiro atoms. The maximum atomic E-state index is 5.02. The Morgan fingerprint density at radius 1 is 1.42 bits per heavy atom. The zero-order valence-electron chi connectivity index (χ0n) is 11.8. The van der Waals surface area contributed by atoms with Gasteiger partial charge < -0.3 is 10.1 Å². The molecule has 1 saturated heterocycles. The Kier molecular flexibility index (Phi) is 6.07. The van der Waals surface area contributed by atoms with Gasteiger partial charge in [0.25, 0.3) is 0 Å². The van der Waals surface area contributed by atoms with Crippen molar-refractivity contribution in [2.75, 3.05) is 26.0 Å². The van der Waals surface area contributed by atoms with Crippen molar-refractivity contribution in [1.82, 2.24) is 15.3 Å². The van der Waals surface area contributed by atoms with Crippen LogP contribution in [0.15, 0.2) is 6.07 Å². The predicted molar refractivity (Wildman–Crippen MR) is 79.4 cm³/mol. The quantitative estimate of drug-likeness (QED) is 0.812. The second-order valence-corrected chi connectivity index (χ2v) is 6.19. The van der Waals surface area contributed by atoms with E-state index in [4.69, 9.17) is 9.72 Å². The highest BCUT2D eigenvalue weighted by Gasteiger charge is 2.19. The smallest absolute Gasteiger partial charge is 0.141 e. The van der Waals surface area contributed by atoms with E-state index in [9.17, 15) is 0 Å². The standard InChI is InChI=1S/C14H23N3OS/c1-11-9-12(10-15-6-7-18-2)17-14(16-11)13-5-3-4-8-19-13/h9,13,15H,3-8,10H2,1-2H3. The van der Waals surface area contributed by atoms with Gasteiger partial charge >= 0.3 is 0 Å². The van der Waals surface area contributed by atoms with Crippen molar-refractivity contribution in [2.45, 2.75) is 38.0 Å². The highest BCUT2D eigenvalue weighted by atomic mass is 32.2. The topological polar surface area (TPSA) is 47.0 Å². The maximum absolute atomic E-state index is 5.02. The Morgan fingerprint density at radius 3 is 3.05 bits per heavy atom. The van der Waals surface area contributed by atoms with Crippen molar-refractivity contribution in [2.24, 2.45) is 0 Å². The number of hydrogen-bond acceptors (Lipinski definition) is 5. The molecule has 1 aliphatic rings. The molecule has 1 aliphatic heterocycles. The van der Waals surface area contributed by atoms with Crippen LogP contribution in [-0.4, -0.2) is 36.0 Å². The second-order valence-electron chi connectivity index (χ2n) is 4.88. The lowest BCUT2D eigenvalue weighted by molar-refractivity contribution is 0.199. The van der Waals surface area contributed by atoms with Gasteiger partial charge in [-0.1, -0.05) is 6.42 Å². The van der Waals surface area contributed by atoms with Gasteiger partial charge in [-0.2, -0.15) is 11.8 Å². The minimum atomic E-state index is 0.492. The van der Waals surface area contributed by atoms with Crippen LogP contribution < -0.4 is 5.32 Å². The van der Waals surface area contributed by atoms with Crippen LogP contribution in [0, 0.1) is 6.92 Å². The van der Waals surface area contributed by atoms with E-state index < -0.39 is 0 Å². The number of nitrogens with one attached hydrogen (secondary N) is 1. The largest absolute Gasteiger partial charge is 0.383 e. The third-order valence-corrected chi connectivity index (χ3v) is 4.55. The summed E-state index contributed by atoms with van der Waals surface area (Å²) in [6.45, 7) is 4.43. The Bertz CT molecular complexity index is 394. The van der Waals surface area contributed by atoms with Crippen LogP contribution >= 0.6 is 11.8 Å². The molecule has 1 unspecified atom stereocenters. The monoisotopic (exact) mass is 281 g/mol. The molecule has 0 amide bonds. The first-order chi connectivity index (χ1) is 9.29. The average molecular weight is 281 g/mol. The van der Waals surface area contributed by atoms with Crippen LogP contribution in [0.25, 0.3) is 0 Å². The number of ether oxygens (including phenoxy) is 1. The van der Waals surface area contributed by atoms with Gasteiger partial charge in [0.05, 0.1) is 17.6 Å². The fourth-order valence-electron chi connectivity index (χ4n) is 2.23. The average Bonchev–Trinajstić information content (AvgIpc) is 2.44. The van der Waals surface area contributed by atoms with E-state index in [-0.39, 0.29) is 0 Å². The first-order valence-corrected chi connectivity index (χ1v) is 8.00. The third kappa shape index (κ3) is 4.75. The van der Waals surface area contributed by atoms with Crippen LogP contribution in [0.4, 0.5) is 0 Å². The van der Waals surface area contributed by atoms with Crippen molar-refractivity contribution in [3.63, 3.8) is 0 Å². The van der Waals surface area contributed by atoms with E-state index in [1.807, 2.05) is 11.8 Å². The summed E-state index contributed by atoms with van der Waals surface area (Å²) < 4.78 is 5.02. The number of aryl methyl sites for hydroxylation is 1. The lowest BCUT2D eigenvalue weighted by atomic mass is 10.1. The molecule has 1 N–H and O–H groups in total. The molecule has 0 saturated carbocycles. The van der Waals surface area contributed by atoms with Crippen LogP contribution in [0.5, 0.6) is 0 Å². The molecular weight excluding hydrogens is 258 g/mol. The van der Waals surface area contributed by atoms with Gasteiger partial charge in [0.1, 0.15) is 5.82 Å². The molecule has 4 nitrogen and oxygen atoms in total. The first kappa shape index (κ1) is 14.8. The fraction of sp³-hybridized carbons (Fsp3) is 0.714. The van der Waals surface area contributed by atoms with E-state index in [1.54, 1.807) is 7.11 Å². The molecule has 19 heavy (non-hydrogen) atoms. The molecule has 0 aromatic carbocycles. The summed E-state index contributed by atoms with van der Waals surface area (Å²) in [5.41, 5.74) is 2.16. The summed E-state index contributed by atoms with van der Waals surface area (Å²) in [4.78, 5) is 9.34. The maximum Gasteiger partial charge on any atom is 0.141 e. The van der Waals surface area contributed by atoms with Crippen molar-refractivity contribution in [3.05, 3.63) is 23.3 Å². The Balaban J connectivity index is 1.97. The molecule has 2 rings (SSSR count). The van der Waals surface area contributed by atoms with E-state index >= 15 is 0 Å². The van der Waals surface area contributed by atoms with Crippen molar-refractivity contribution in [3.8, 4) is 0 Å². The highest BCUT2D eigenvalue weighted by Crippen LogP contribution is 2.36. The second kappa shape index (κ2) is 7.82. The van der Waals surface area contributed by atoms with Crippen molar-refractivity contribution < 1.29 is 4.74 Å². The van der Waals surface area contributed by atoms with Crippen LogP contribution in [0.1, 0.15) is 41.7 Å². The molecule has 1 aromatic rings. The summed E-state index contributed by atoms with van der Waals surface area (Å²) in [7, 11) is 1.72. The molecule has 0 radical (unpaired) electrons. The predicted octanol–water partition coefficient (Wildman–Crippen LogP) is 2.48. The van der Waals surface area contributed by atoms with Gasteiger partial charge in [-0.3, -0.25) is 0 Å². The number of hydrogen-bond donors (Lipinski definition) is 1. The summed E-state index contributed by atoms with van der Waals surface area (Å²) in [6, 6.07) is 2.07. The van der Waals surface area contributed by atoms with Crippen molar-refractivity contribution >= 4 is 11.8 Å². The third-order valence-electron chi connectivity index (χ3n) is 3.18. The van der Waals surface area contributed by atoms with Crippen LogP contribution in [0.2, 0.25) is 0 Å². The van der Waals surface area contributed by atoms with Crippen LogP contribution in [-0.2, 0) is 11.3 Å². The lowest BCUT2D eigenvalue weighted by Crippen LogP contribution is -2.20. The number of methoxy groups -OCH3 is 1. The molecule has 5 heteroatoms. The van der Waals surface area contributed by atoms with Gasteiger partial charge in [0, 0.05) is 25.9 Å². The SMILES string of the molecule is COCCNCc1cc(C)nc(C2CCCCS2)n1. The Morgan fingerprint density at radius 2 is 2.32 bits per heavy atom. The summed E-state index contributed by atoms with van der Waals surface area (Å²) in [5.74, 6) is 2.26. The zero-order chi connectivity index (χ0) is 13.5. The van der Waals surface area contributed by atoms with Gasteiger partial charge in [-0.05, 0) is 31.6 Å².